The maximum absolute atomic E-state index is 13.3. The van der Waals surface area contributed by atoms with E-state index in [9.17, 15) is 9.59 Å². The quantitative estimate of drug-likeness (QED) is 0.897. The number of benzene rings is 2. The van der Waals surface area contributed by atoms with E-state index >= 15 is 0 Å². The molecule has 2 aliphatic heterocycles. The summed E-state index contributed by atoms with van der Waals surface area (Å²) in [6, 6.07) is 12.7. The molecule has 2 aromatic carbocycles. The Hall–Kier alpha value is -2.53. The van der Waals surface area contributed by atoms with Crippen LogP contribution in [0.25, 0.3) is 0 Å². The van der Waals surface area contributed by atoms with Crippen molar-refractivity contribution in [2.45, 2.75) is 19.0 Å². The van der Waals surface area contributed by atoms with Gasteiger partial charge in [0.2, 0.25) is 5.66 Å². The number of likely N-dealkylation sites (N-methyl/N-ethyl adjacent to an activating group) is 1. The number of nitrogens with one attached hydrogen (secondary N) is 1. The summed E-state index contributed by atoms with van der Waals surface area (Å²) in [5.74, 6) is -0.327. The minimum absolute atomic E-state index is 0.161. The molecule has 0 saturated carbocycles. The first-order valence-electron chi connectivity index (χ1n) is 8.28. The van der Waals surface area contributed by atoms with Gasteiger partial charge in [-0.15, -0.1) is 0 Å². The van der Waals surface area contributed by atoms with Gasteiger partial charge in [-0.2, -0.15) is 0 Å². The lowest BCUT2D eigenvalue weighted by atomic mass is 9.93. The van der Waals surface area contributed by atoms with E-state index in [1.54, 1.807) is 35.0 Å². The Morgan fingerprint density at radius 2 is 1.92 bits per heavy atom. The van der Waals surface area contributed by atoms with Crippen molar-refractivity contribution >= 4 is 34.8 Å². The van der Waals surface area contributed by atoms with Crippen molar-refractivity contribution in [1.29, 1.82) is 0 Å². The highest BCUT2D eigenvalue weighted by atomic mass is 35.5. The lowest BCUT2D eigenvalue weighted by molar-refractivity contribution is -0.127. The third-order valence-electron chi connectivity index (χ3n) is 4.89. The van der Waals surface area contributed by atoms with Crippen LogP contribution in [0.4, 0.5) is 11.4 Å². The molecule has 1 unspecified atom stereocenters. The van der Waals surface area contributed by atoms with E-state index in [0.29, 0.717) is 22.8 Å². The normalized spacial score (nSPS) is 21.4. The third kappa shape index (κ3) is 2.02. The predicted octanol–water partition coefficient (Wildman–Crippen LogP) is 3.45. The van der Waals surface area contributed by atoms with Crippen molar-refractivity contribution in [3.63, 3.8) is 0 Å². The molecular formula is C19H18ClN3O2. The smallest absolute Gasteiger partial charge is 0.278 e. The number of nitrogens with zero attached hydrogens (tertiary/aromatic N) is 2. The molecule has 0 bridgehead atoms. The van der Waals surface area contributed by atoms with Gasteiger partial charge in [0.1, 0.15) is 0 Å². The number of carbonyl (C=O) groups is 2. The largest absolute Gasteiger partial charge is 0.350 e. The van der Waals surface area contributed by atoms with Crippen LogP contribution in [0.5, 0.6) is 0 Å². The fraction of sp³-hybridized carbons (Fsp3) is 0.263. The summed E-state index contributed by atoms with van der Waals surface area (Å²) < 4.78 is 0. The zero-order valence-corrected chi connectivity index (χ0v) is 14.8. The highest BCUT2D eigenvalue weighted by molar-refractivity contribution is 6.31. The highest BCUT2D eigenvalue weighted by Gasteiger charge is 2.57. The maximum atomic E-state index is 13.3. The number of carbonyl (C=O) groups excluding carboxylic acids is 2. The lowest BCUT2D eigenvalue weighted by Crippen LogP contribution is -2.62. The van der Waals surface area contributed by atoms with Gasteiger partial charge in [-0.05, 0) is 30.7 Å². The van der Waals surface area contributed by atoms with E-state index in [4.69, 9.17) is 11.6 Å². The zero-order valence-electron chi connectivity index (χ0n) is 14.0. The first-order valence-corrected chi connectivity index (χ1v) is 8.66. The molecule has 0 aliphatic carbocycles. The first-order chi connectivity index (χ1) is 12.0. The van der Waals surface area contributed by atoms with Gasteiger partial charge >= 0.3 is 0 Å². The summed E-state index contributed by atoms with van der Waals surface area (Å²) in [6.45, 7) is 2.47. The molecule has 1 atom stereocenters. The van der Waals surface area contributed by atoms with E-state index in [1.165, 1.54) is 0 Å². The number of amides is 2. The molecule has 2 aromatic rings. The number of anilines is 2. The van der Waals surface area contributed by atoms with Crippen molar-refractivity contribution in [3.05, 3.63) is 58.6 Å². The Balaban J connectivity index is 1.99. The molecule has 2 aliphatic rings. The molecule has 0 saturated heterocycles. The second-order valence-corrected chi connectivity index (χ2v) is 6.80. The minimum Gasteiger partial charge on any atom is -0.350 e. The summed E-state index contributed by atoms with van der Waals surface area (Å²) in [5.41, 5.74) is 1.48. The van der Waals surface area contributed by atoms with Crippen molar-refractivity contribution in [3.8, 4) is 0 Å². The Morgan fingerprint density at radius 1 is 1.16 bits per heavy atom. The predicted molar refractivity (Wildman–Crippen MR) is 97.9 cm³/mol. The maximum Gasteiger partial charge on any atom is 0.278 e. The molecule has 0 aromatic heterocycles. The van der Waals surface area contributed by atoms with Gasteiger partial charge in [0, 0.05) is 24.2 Å². The van der Waals surface area contributed by atoms with E-state index in [1.807, 2.05) is 31.2 Å². The van der Waals surface area contributed by atoms with Crippen LogP contribution in [-0.4, -0.2) is 30.3 Å². The average Bonchev–Trinajstić information content (AvgIpc) is 2.81. The molecule has 1 N–H and O–H groups in total. The first kappa shape index (κ1) is 16.0. The molecular weight excluding hydrogens is 338 g/mol. The molecule has 0 radical (unpaired) electrons. The number of hydrogen-bond donors (Lipinski definition) is 1. The molecule has 6 heteroatoms. The van der Waals surface area contributed by atoms with Gasteiger partial charge in [-0.1, -0.05) is 36.7 Å². The van der Waals surface area contributed by atoms with Gasteiger partial charge in [0.05, 0.1) is 16.9 Å². The zero-order chi connectivity index (χ0) is 17.8. The van der Waals surface area contributed by atoms with Crippen LogP contribution in [-0.2, 0) is 10.5 Å². The summed E-state index contributed by atoms with van der Waals surface area (Å²) in [7, 11) is 1.74. The Bertz CT molecular complexity index is 898. The number of rotatable bonds is 2. The average molecular weight is 356 g/mol. The Morgan fingerprint density at radius 3 is 2.68 bits per heavy atom. The molecule has 4 rings (SSSR count). The number of halogens is 1. The fourth-order valence-corrected chi connectivity index (χ4v) is 3.95. The van der Waals surface area contributed by atoms with Crippen LogP contribution < -0.4 is 10.2 Å². The fourth-order valence-electron chi connectivity index (χ4n) is 3.78. The molecule has 0 fully saturated rings. The van der Waals surface area contributed by atoms with Crippen molar-refractivity contribution < 1.29 is 9.59 Å². The SMILES string of the molecule is CCCN1C(=O)c2ccc(Cl)cc2NC12C(=O)N(C)c1ccccc12. The van der Waals surface area contributed by atoms with Gasteiger partial charge in [0.15, 0.2) is 0 Å². The highest BCUT2D eigenvalue weighted by Crippen LogP contribution is 2.47. The summed E-state index contributed by atoms with van der Waals surface area (Å²) >= 11 is 6.12. The second-order valence-electron chi connectivity index (χ2n) is 6.36. The van der Waals surface area contributed by atoms with Crippen LogP contribution >= 0.6 is 11.6 Å². The van der Waals surface area contributed by atoms with Crippen LogP contribution in [0.3, 0.4) is 0 Å². The van der Waals surface area contributed by atoms with Gasteiger partial charge in [0.25, 0.3) is 11.8 Å². The van der Waals surface area contributed by atoms with Crippen molar-refractivity contribution in [1.82, 2.24) is 4.90 Å². The minimum atomic E-state index is -1.23. The monoisotopic (exact) mass is 355 g/mol. The van der Waals surface area contributed by atoms with Gasteiger partial charge in [-0.25, -0.2) is 0 Å². The van der Waals surface area contributed by atoms with Crippen molar-refractivity contribution in [2.24, 2.45) is 0 Å². The van der Waals surface area contributed by atoms with Crippen LogP contribution in [0.1, 0.15) is 29.3 Å². The molecule has 2 amide bonds. The summed E-state index contributed by atoms with van der Waals surface area (Å²) in [5, 5.41) is 3.86. The second kappa shape index (κ2) is 5.49. The van der Waals surface area contributed by atoms with Gasteiger partial charge in [-0.3, -0.25) is 9.59 Å². The van der Waals surface area contributed by atoms with E-state index in [2.05, 4.69) is 5.32 Å². The number of fused-ring (bicyclic) bond motifs is 3. The van der Waals surface area contributed by atoms with E-state index in [-0.39, 0.29) is 11.8 Å². The van der Waals surface area contributed by atoms with E-state index < -0.39 is 5.66 Å². The van der Waals surface area contributed by atoms with Crippen LogP contribution in [0, 0.1) is 0 Å². The van der Waals surface area contributed by atoms with Gasteiger partial charge < -0.3 is 15.1 Å². The molecule has 1 spiro atoms. The topological polar surface area (TPSA) is 52.7 Å². The lowest BCUT2D eigenvalue weighted by Gasteiger charge is -2.45. The molecule has 25 heavy (non-hydrogen) atoms. The van der Waals surface area contributed by atoms with Crippen LogP contribution in [0.2, 0.25) is 5.02 Å². The summed E-state index contributed by atoms with van der Waals surface area (Å²) in [6.07, 6.45) is 0.747. The van der Waals surface area contributed by atoms with Crippen LogP contribution in [0.15, 0.2) is 42.5 Å². The standard InChI is InChI=1S/C19H18ClN3O2/c1-3-10-23-17(24)13-9-8-12(20)11-15(13)21-19(23)14-6-4-5-7-16(14)22(2)18(19)25/h4-9,11,21H,3,10H2,1-2H3. The Labute approximate surface area is 151 Å². The van der Waals surface area contributed by atoms with Crippen molar-refractivity contribution in [2.75, 3.05) is 23.8 Å². The Kier molecular flexibility index (Phi) is 3.51. The third-order valence-corrected chi connectivity index (χ3v) is 5.13. The number of hydrogen-bond acceptors (Lipinski definition) is 3. The van der Waals surface area contributed by atoms with E-state index in [0.717, 1.165) is 17.7 Å². The summed E-state index contributed by atoms with van der Waals surface area (Å²) in [4.78, 5) is 29.8. The molecule has 2 heterocycles. The molecule has 128 valence electrons. The molecule has 5 nitrogen and oxygen atoms in total. The number of para-hydroxylation sites is 1.